The van der Waals surface area contributed by atoms with Gasteiger partial charge in [-0.2, -0.15) is 0 Å². The van der Waals surface area contributed by atoms with Crippen molar-refractivity contribution < 1.29 is 14.1 Å². The molecule has 0 aliphatic heterocycles. The number of carbonyl (C=O) groups excluding carboxylic acids is 1. The van der Waals surface area contributed by atoms with Crippen LogP contribution < -0.4 is 0 Å². The first-order chi connectivity index (χ1) is 6.63. The number of carbonyl (C=O) groups is 1. The van der Waals surface area contributed by atoms with Crippen LogP contribution in [0.1, 0.15) is 16.1 Å². The minimum absolute atomic E-state index is 0.401. The number of rotatable bonds is 3. The molecule has 0 saturated carbocycles. The number of nitrogens with zero attached hydrogens (tertiary/aromatic N) is 1. The third-order valence-corrected chi connectivity index (χ3v) is 2.30. The summed E-state index contributed by atoms with van der Waals surface area (Å²) in [6, 6.07) is 3.29. The van der Waals surface area contributed by atoms with Crippen LogP contribution in [0, 0.1) is 0 Å². The van der Waals surface area contributed by atoms with E-state index in [1.807, 2.05) is 0 Å². The van der Waals surface area contributed by atoms with Gasteiger partial charge < -0.3 is 9.29 Å². The normalized spacial score (nSPS) is 12.2. The van der Waals surface area contributed by atoms with Crippen LogP contribution in [0.4, 0.5) is 0 Å². The molecule has 0 aromatic carbocycles. The SMILES string of the molecule is COC(=O)c1ccc(C[S+](C)[O-])nc1. The molecule has 1 rings (SSSR count). The van der Waals surface area contributed by atoms with Crippen molar-refractivity contribution >= 4 is 17.1 Å². The first-order valence-electron chi connectivity index (χ1n) is 3.96. The highest BCUT2D eigenvalue weighted by molar-refractivity contribution is 7.89. The van der Waals surface area contributed by atoms with Gasteiger partial charge in [-0.1, -0.05) is 11.2 Å². The van der Waals surface area contributed by atoms with E-state index in [1.165, 1.54) is 13.3 Å². The maximum atomic E-state index is 11.0. The van der Waals surface area contributed by atoms with Gasteiger partial charge in [0.25, 0.3) is 0 Å². The van der Waals surface area contributed by atoms with Crippen molar-refractivity contribution in [1.29, 1.82) is 0 Å². The monoisotopic (exact) mass is 213 g/mol. The van der Waals surface area contributed by atoms with E-state index >= 15 is 0 Å². The molecule has 1 atom stereocenters. The first-order valence-corrected chi connectivity index (χ1v) is 5.69. The van der Waals surface area contributed by atoms with Gasteiger partial charge in [0.15, 0.2) is 0 Å². The fraction of sp³-hybridized carbons (Fsp3) is 0.333. The van der Waals surface area contributed by atoms with Crippen molar-refractivity contribution in [2.45, 2.75) is 5.75 Å². The van der Waals surface area contributed by atoms with Gasteiger partial charge in [-0.05, 0) is 12.1 Å². The molecular weight excluding hydrogens is 202 g/mol. The Morgan fingerprint density at radius 2 is 2.36 bits per heavy atom. The molecule has 14 heavy (non-hydrogen) atoms. The molecule has 4 nitrogen and oxygen atoms in total. The minimum atomic E-state index is -0.914. The Morgan fingerprint density at radius 3 is 2.79 bits per heavy atom. The molecule has 1 aromatic heterocycles. The van der Waals surface area contributed by atoms with Crippen molar-refractivity contribution in [3.8, 4) is 0 Å². The summed E-state index contributed by atoms with van der Waals surface area (Å²) < 4.78 is 15.4. The predicted octanol–water partition coefficient (Wildman–Crippen LogP) is 0.747. The zero-order valence-corrected chi connectivity index (χ0v) is 8.84. The van der Waals surface area contributed by atoms with E-state index in [2.05, 4.69) is 9.72 Å². The Labute approximate surface area is 85.5 Å². The molecule has 0 amide bonds. The number of pyridine rings is 1. The summed E-state index contributed by atoms with van der Waals surface area (Å²) in [6.45, 7) is 0. The zero-order chi connectivity index (χ0) is 10.6. The number of aromatic nitrogens is 1. The van der Waals surface area contributed by atoms with Crippen molar-refractivity contribution in [1.82, 2.24) is 4.98 Å². The Balaban J connectivity index is 2.73. The Kier molecular flexibility index (Phi) is 3.91. The van der Waals surface area contributed by atoms with Crippen molar-refractivity contribution in [2.24, 2.45) is 0 Å². The fourth-order valence-electron chi connectivity index (χ4n) is 0.957. The number of esters is 1. The minimum Gasteiger partial charge on any atom is -0.616 e. The third kappa shape index (κ3) is 3.01. The fourth-order valence-corrected chi connectivity index (χ4v) is 1.54. The van der Waals surface area contributed by atoms with Crippen LogP contribution in [0.5, 0.6) is 0 Å². The molecule has 1 unspecified atom stereocenters. The first kappa shape index (κ1) is 11.0. The van der Waals surface area contributed by atoms with Crippen LogP contribution in [0.15, 0.2) is 18.3 Å². The molecule has 0 radical (unpaired) electrons. The molecule has 1 aromatic rings. The van der Waals surface area contributed by atoms with Gasteiger partial charge in [-0.15, -0.1) is 0 Å². The molecular formula is C9H11NO3S. The molecule has 0 fully saturated rings. The van der Waals surface area contributed by atoms with E-state index < -0.39 is 17.1 Å². The summed E-state index contributed by atoms with van der Waals surface area (Å²) in [6.07, 6.45) is 3.03. The van der Waals surface area contributed by atoms with E-state index in [0.29, 0.717) is 17.0 Å². The van der Waals surface area contributed by atoms with Gasteiger partial charge in [-0.25, -0.2) is 4.79 Å². The number of methoxy groups -OCH3 is 1. The molecule has 5 heteroatoms. The highest BCUT2D eigenvalue weighted by Gasteiger charge is 2.07. The Bertz CT molecular complexity index is 310. The van der Waals surface area contributed by atoms with Crippen LogP contribution in [0.25, 0.3) is 0 Å². The van der Waals surface area contributed by atoms with E-state index in [4.69, 9.17) is 0 Å². The molecule has 0 spiro atoms. The summed E-state index contributed by atoms with van der Waals surface area (Å²) in [7, 11) is 1.32. The Hall–Kier alpha value is -1.07. The quantitative estimate of drug-likeness (QED) is 0.549. The van der Waals surface area contributed by atoms with Crippen LogP contribution in [0.3, 0.4) is 0 Å². The second-order valence-electron chi connectivity index (χ2n) is 2.75. The Morgan fingerprint density at radius 1 is 1.64 bits per heavy atom. The van der Waals surface area contributed by atoms with Gasteiger partial charge in [0, 0.05) is 6.20 Å². The molecule has 0 aliphatic rings. The van der Waals surface area contributed by atoms with E-state index in [1.54, 1.807) is 18.4 Å². The van der Waals surface area contributed by atoms with Gasteiger partial charge in [0.05, 0.1) is 24.6 Å². The predicted molar refractivity (Wildman–Crippen MR) is 53.3 cm³/mol. The summed E-state index contributed by atoms with van der Waals surface area (Å²) in [4.78, 5) is 15.0. The number of hydrogen-bond donors (Lipinski definition) is 0. The molecule has 76 valence electrons. The van der Waals surface area contributed by atoms with Gasteiger partial charge in [0.2, 0.25) is 0 Å². The maximum Gasteiger partial charge on any atom is 0.339 e. The van der Waals surface area contributed by atoms with Crippen LogP contribution >= 0.6 is 0 Å². The molecule has 0 saturated heterocycles. The lowest BCUT2D eigenvalue weighted by molar-refractivity contribution is 0.0600. The summed E-state index contributed by atoms with van der Waals surface area (Å²) >= 11 is -0.914. The second kappa shape index (κ2) is 4.97. The summed E-state index contributed by atoms with van der Waals surface area (Å²) in [5.41, 5.74) is 1.11. The second-order valence-corrected chi connectivity index (χ2v) is 4.18. The highest BCUT2D eigenvalue weighted by atomic mass is 32.2. The third-order valence-electron chi connectivity index (χ3n) is 1.60. The lowest BCUT2D eigenvalue weighted by Gasteiger charge is -2.04. The van der Waals surface area contributed by atoms with Crippen molar-refractivity contribution in [3.05, 3.63) is 29.6 Å². The van der Waals surface area contributed by atoms with Crippen LogP contribution in [0.2, 0.25) is 0 Å². The van der Waals surface area contributed by atoms with E-state index in [9.17, 15) is 9.35 Å². The van der Waals surface area contributed by atoms with Crippen molar-refractivity contribution in [3.63, 3.8) is 0 Å². The van der Waals surface area contributed by atoms with E-state index in [-0.39, 0.29) is 0 Å². The molecule has 0 aliphatic carbocycles. The largest absolute Gasteiger partial charge is 0.616 e. The zero-order valence-electron chi connectivity index (χ0n) is 8.02. The number of ether oxygens (including phenoxy) is 1. The molecule has 0 N–H and O–H groups in total. The average Bonchev–Trinajstić information content (AvgIpc) is 2.17. The summed E-state index contributed by atoms with van der Waals surface area (Å²) in [5.74, 6) is -0.0109. The highest BCUT2D eigenvalue weighted by Crippen LogP contribution is 2.04. The lowest BCUT2D eigenvalue weighted by atomic mass is 10.2. The van der Waals surface area contributed by atoms with Gasteiger partial charge >= 0.3 is 5.97 Å². The maximum absolute atomic E-state index is 11.0. The molecule has 0 bridgehead atoms. The summed E-state index contributed by atoms with van der Waals surface area (Å²) in [5, 5.41) is 0. The van der Waals surface area contributed by atoms with Crippen LogP contribution in [-0.2, 0) is 21.7 Å². The van der Waals surface area contributed by atoms with E-state index in [0.717, 1.165) is 0 Å². The van der Waals surface area contributed by atoms with Gasteiger partial charge in [0.1, 0.15) is 5.75 Å². The topological polar surface area (TPSA) is 62.2 Å². The van der Waals surface area contributed by atoms with Gasteiger partial charge in [-0.3, -0.25) is 4.98 Å². The average molecular weight is 213 g/mol. The smallest absolute Gasteiger partial charge is 0.339 e. The standard InChI is InChI=1S/C9H11NO3S/c1-13-9(11)7-3-4-8(10-5-7)6-14(2)12/h3-5H,6H2,1-2H3. The lowest BCUT2D eigenvalue weighted by Crippen LogP contribution is -2.05. The van der Waals surface area contributed by atoms with Crippen LogP contribution in [-0.4, -0.2) is 28.9 Å². The molecule has 1 heterocycles. The number of hydrogen-bond acceptors (Lipinski definition) is 4. The van der Waals surface area contributed by atoms with Crippen molar-refractivity contribution in [2.75, 3.05) is 13.4 Å².